The van der Waals surface area contributed by atoms with Gasteiger partial charge in [0.15, 0.2) is 0 Å². The van der Waals surface area contributed by atoms with E-state index in [1.165, 1.54) is 21.9 Å². The largest absolute Gasteiger partial charge is 0.494 e. The Balaban J connectivity index is 1.22. The number of hydrogen-bond acceptors (Lipinski definition) is 4. The van der Waals surface area contributed by atoms with Gasteiger partial charge in [-0.05, 0) is 47.4 Å². The van der Waals surface area contributed by atoms with Crippen LogP contribution in [0.4, 0.5) is 0 Å². The Morgan fingerprint density at radius 3 is 2.58 bits per heavy atom. The zero-order chi connectivity index (χ0) is 23.0. The van der Waals surface area contributed by atoms with Crippen LogP contribution < -0.4 is 10.1 Å². The zero-order valence-corrected chi connectivity index (χ0v) is 19.8. The highest BCUT2D eigenvalue weighted by molar-refractivity contribution is 5.86. The maximum atomic E-state index is 11.4. The number of hydrogen-bond donors (Lipinski definition) is 1. The van der Waals surface area contributed by atoms with Crippen molar-refractivity contribution in [3.8, 4) is 5.75 Å². The number of benzene rings is 3. The molecule has 0 spiro atoms. The average molecular weight is 446 g/mol. The van der Waals surface area contributed by atoms with Crippen molar-refractivity contribution in [2.24, 2.45) is 0 Å². The molecule has 1 amide bonds. The minimum atomic E-state index is 0.180. The Labute approximate surface area is 197 Å². The molecular weight excluding hydrogens is 410 g/mol. The van der Waals surface area contributed by atoms with E-state index in [1.807, 2.05) is 11.0 Å². The topological polar surface area (TPSA) is 44.8 Å². The lowest BCUT2D eigenvalue weighted by atomic mass is 9.99. The second kappa shape index (κ2) is 11.3. The van der Waals surface area contributed by atoms with E-state index >= 15 is 0 Å². The van der Waals surface area contributed by atoms with E-state index in [0.717, 1.165) is 51.4 Å². The summed E-state index contributed by atoms with van der Waals surface area (Å²) >= 11 is 0. The van der Waals surface area contributed by atoms with E-state index < -0.39 is 0 Å². The molecule has 0 aromatic heterocycles. The summed E-state index contributed by atoms with van der Waals surface area (Å²) in [4.78, 5) is 15.8. The van der Waals surface area contributed by atoms with Crippen LogP contribution in [0.1, 0.15) is 37.4 Å². The molecule has 3 aromatic rings. The Hall–Kier alpha value is -2.89. The van der Waals surface area contributed by atoms with E-state index in [-0.39, 0.29) is 11.9 Å². The smallest absolute Gasteiger partial charge is 0.219 e. The number of amides is 1. The van der Waals surface area contributed by atoms with Gasteiger partial charge in [0.2, 0.25) is 5.91 Å². The Morgan fingerprint density at radius 1 is 1.00 bits per heavy atom. The van der Waals surface area contributed by atoms with E-state index in [4.69, 9.17) is 4.74 Å². The maximum absolute atomic E-state index is 11.4. The van der Waals surface area contributed by atoms with Gasteiger partial charge in [0, 0.05) is 52.2 Å². The number of ether oxygens (including phenoxy) is 1. The van der Waals surface area contributed by atoms with Gasteiger partial charge < -0.3 is 15.0 Å². The summed E-state index contributed by atoms with van der Waals surface area (Å²) in [6, 6.07) is 23.7. The van der Waals surface area contributed by atoms with Crippen molar-refractivity contribution < 1.29 is 9.53 Å². The predicted molar refractivity (Wildman–Crippen MR) is 134 cm³/mol. The third-order valence-electron chi connectivity index (χ3n) is 6.51. The molecule has 1 fully saturated rings. The molecule has 174 valence electrons. The predicted octanol–water partition coefficient (Wildman–Crippen LogP) is 4.62. The summed E-state index contributed by atoms with van der Waals surface area (Å²) in [5.41, 5.74) is 2.55. The van der Waals surface area contributed by atoms with Crippen LogP contribution in [-0.4, -0.2) is 55.0 Å². The first-order chi connectivity index (χ1) is 16.1. The molecule has 0 unspecified atom stereocenters. The third-order valence-corrected chi connectivity index (χ3v) is 6.51. The monoisotopic (exact) mass is 445 g/mol. The second-order valence-electron chi connectivity index (χ2n) is 8.87. The summed E-state index contributed by atoms with van der Waals surface area (Å²) in [7, 11) is 0. The van der Waals surface area contributed by atoms with Gasteiger partial charge in [-0.25, -0.2) is 0 Å². The van der Waals surface area contributed by atoms with Gasteiger partial charge in [0.05, 0.1) is 6.61 Å². The highest BCUT2D eigenvalue weighted by atomic mass is 16.5. The lowest BCUT2D eigenvalue weighted by Gasteiger charge is -2.34. The molecule has 5 nitrogen and oxygen atoms in total. The van der Waals surface area contributed by atoms with Crippen molar-refractivity contribution in [1.29, 1.82) is 0 Å². The zero-order valence-electron chi connectivity index (χ0n) is 19.8. The Kier molecular flexibility index (Phi) is 7.97. The average Bonchev–Trinajstić information content (AvgIpc) is 2.85. The van der Waals surface area contributed by atoms with E-state index in [9.17, 15) is 4.79 Å². The lowest BCUT2D eigenvalue weighted by molar-refractivity contribution is -0.130. The molecule has 0 radical (unpaired) electrons. The number of fused-ring (bicyclic) bond motifs is 1. The van der Waals surface area contributed by atoms with Crippen molar-refractivity contribution in [3.05, 3.63) is 77.9 Å². The molecule has 3 aromatic carbocycles. The SMILES string of the molecule is CC(=O)N1CCN(CCCOc2cccc(CN[C@H](C)c3cccc4ccccc34)c2)CC1. The molecule has 1 aliphatic heterocycles. The summed E-state index contributed by atoms with van der Waals surface area (Å²) < 4.78 is 6.03. The quantitative estimate of drug-likeness (QED) is 0.488. The maximum Gasteiger partial charge on any atom is 0.219 e. The van der Waals surface area contributed by atoms with Crippen LogP contribution in [0.2, 0.25) is 0 Å². The number of nitrogens with zero attached hydrogens (tertiary/aromatic N) is 2. The van der Waals surface area contributed by atoms with Gasteiger partial charge >= 0.3 is 0 Å². The minimum absolute atomic E-state index is 0.180. The lowest BCUT2D eigenvalue weighted by Crippen LogP contribution is -2.48. The van der Waals surface area contributed by atoms with Crippen LogP contribution in [0.15, 0.2) is 66.7 Å². The van der Waals surface area contributed by atoms with Gasteiger partial charge in [0.1, 0.15) is 5.75 Å². The molecule has 33 heavy (non-hydrogen) atoms. The van der Waals surface area contributed by atoms with Gasteiger partial charge in [-0.3, -0.25) is 9.69 Å². The molecule has 5 heteroatoms. The highest BCUT2D eigenvalue weighted by Crippen LogP contribution is 2.24. The van der Waals surface area contributed by atoms with Crippen LogP contribution in [0.5, 0.6) is 5.75 Å². The molecular formula is C28H35N3O2. The highest BCUT2D eigenvalue weighted by Gasteiger charge is 2.17. The van der Waals surface area contributed by atoms with Gasteiger partial charge in [-0.1, -0.05) is 54.6 Å². The third kappa shape index (κ3) is 6.34. The first kappa shape index (κ1) is 23.3. The Morgan fingerprint density at radius 2 is 1.76 bits per heavy atom. The molecule has 0 bridgehead atoms. The number of nitrogens with one attached hydrogen (secondary N) is 1. The molecule has 1 N–H and O–H groups in total. The molecule has 1 atom stereocenters. The van der Waals surface area contributed by atoms with E-state index in [0.29, 0.717) is 6.61 Å². The van der Waals surface area contributed by atoms with Crippen LogP contribution in [0.3, 0.4) is 0 Å². The van der Waals surface area contributed by atoms with Crippen LogP contribution >= 0.6 is 0 Å². The van der Waals surface area contributed by atoms with Gasteiger partial charge in [0.25, 0.3) is 0 Å². The number of rotatable bonds is 9. The van der Waals surface area contributed by atoms with Crippen molar-refractivity contribution in [2.45, 2.75) is 32.9 Å². The molecule has 0 aliphatic carbocycles. The summed E-state index contributed by atoms with van der Waals surface area (Å²) in [5.74, 6) is 1.10. The number of carbonyl (C=O) groups is 1. The van der Waals surface area contributed by atoms with Crippen LogP contribution in [0, 0.1) is 0 Å². The fourth-order valence-electron chi connectivity index (χ4n) is 4.52. The van der Waals surface area contributed by atoms with Crippen molar-refractivity contribution in [2.75, 3.05) is 39.3 Å². The van der Waals surface area contributed by atoms with Gasteiger partial charge in [-0.2, -0.15) is 0 Å². The fraction of sp³-hybridized carbons (Fsp3) is 0.393. The Bertz CT molecular complexity index is 1050. The standard InChI is InChI=1S/C28H35N3O2/c1-22(27-13-6-10-25-9-3-4-12-28(25)27)29-21-24-8-5-11-26(20-24)33-19-7-14-30-15-17-31(18-16-30)23(2)32/h3-6,8-13,20,22,29H,7,14-19,21H2,1-2H3/t22-/m1/s1. The van der Waals surface area contributed by atoms with Crippen LogP contribution in [-0.2, 0) is 11.3 Å². The molecule has 1 aliphatic rings. The fourth-order valence-corrected chi connectivity index (χ4v) is 4.52. The normalized spacial score (nSPS) is 15.5. The first-order valence-electron chi connectivity index (χ1n) is 12.0. The minimum Gasteiger partial charge on any atom is -0.494 e. The summed E-state index contributed by atoms with van der Waals surface area (Å²) in [6.07, 6.45) is 0.987. The number of carbonyl (C=O) groups excluding carboxylic acids is 1. The molecule has 1 heterocycles. The second-order valence-corrected chi connectivity index (χ2v) is 8.87. The molecule has 4 rings (SSSR count). The summed E-state index contributed by atoms with van der Waals surface area (Å²) in [6.45, 7) is 9.96. The molecule has 0 saturated carbocycles. The van der Waals surface area contributed by atoms with E-state index in [1.54, 1.807) is 6.92 Å². The van der Waals surface area contributed by atoms with Crippen molar-refractivity contribution in [3.63, 3.8) is 0 Å². The van der Waals surface area contributed by atoms with Crippen molar-refractivity contribution in [1.82, 2.24) is 15.1 Å². The van der Waals surface area contributed by atoms with Gasteiger partial charge in [-0.15, -0.1) is 0 Å². The van der Waals surface area contributed by atoms with Crippen molar-refractivity contribution >= 4 is 16.7 Å². The van der Waals surface area contributed by atoms with E-state index in [2.05, 4.69) is 77.8 Å². The van der Waals surface area contributed by atoms with Crippen LogP contribution in [0.25, 0.3) is 10.8 Å². The first-order valence-corrected chi connectivity index (χ1v) is 12.0. The number of piperazine rings is 1. The molecule has 1 saturated heterocycles. The summed E-state index contributed by atoms with van der Waals surface area (Å²) in [5, 5.41) is 6.25.